The van der Waals surface area contributed by atoms with Crippen LogP contribution in [0, 0.1) is 13.8 Å². The van der Waals surface area contributed by atoms with Crippen LogP contribution in [0.3, 0.4) is 0 Å². The van der Waals surface area contributed by atoms with Crippen molar-refractivity contribution < 1.29 is 60.0 Å². The Hall–Kier alpha value is -5.49. The molecule has 0 fully saturated rings. The largest absolute Gasteiger partial charge is 3.00 e. The Morgan fingerprint density at radius 1 is 0.500 bits per heavy atom. The van der Waals surface area contributed by atoms with Crippen LogP contribution in [0.4, 0.5) is 26.3 Å². The van der Waals surface area contributed by atoms with Crippen molar-refractivity contribution >= 4 is 55.0 Å². The molecule has 5 aromatic heterocycles. The molecule has 0 amide bonds. The van der Waals surface area contributed by atoms with Crippen molar-refractivity contribution in [3.63, 3.8) is 0 Å². The van der Waals surface area contributed by atoms with E-state index in [-0.39, 0.29) is 16.8 Å². The average molecular weight is 888 g/mol. The Bertz CT molecular complexity index is 2390. The van der Waals surface area contributed by atoms with Crippen molar-refractivity contribution in [2.45, 2.75) is 24.9 Å². The van der Waals surface area contributed by atoms with Gasteiger partial charge in [-0.25, -0.2) is 37.2 Å². The molecule has 0 saturated carbocycles. The quantitative estimate of drug-likeness (QED) is 0.148. The van der Waals surface area contributed by atoms with Gasteiger partial charge in [0.05, 0.1) is 0 Å². The maximum atomic E-state index is 11.4. The third kappa shape index (κ3) is 7.99. The molecule has 0 spiro atoms. The van der Waals surface area contributed by atoms with Crippen molar-refractivity contribution in [3.8, 4) is 0 Å². The zero-order valence-corrected chi connectivity index (χ0v) is 32.6. The number of halogens is 6. The topological polar surface area (TPSA) is 167 Å². The minimum Gasteiger partial charge on any atom is -0.421 e. The van der Waals surface area contributed by atoms with Crippen LogP contribution >= 0.6 is 0 Å². The van der Waals surface area contributed by atoms with Crippen molar-refractivity contribution in [1.29, 1.82) is 0 Å². The molecule has 5 heterocycles. The van der Waals surface area contributed by atoms with Gasteiger partial charge in [0.1, 0.15) is 0 Å². The molecule has 7 rings (SSSR count). The molecule has 14 nitrogen and oxygen atoms in total. The van der Waals surface area contributed by atoms with Crippen molar-refractivity contribution in [2.24, 2.45) is 0 Å². The number of hydrogen-bond acceptors (Lipinski definition) is 9. The van der Waals surface area contributed by atoms with E-state index in [0.29, 0.717) is 0 Å². The summed E-state index contributed by atoms with van der Waals surface area (Å²) in [7, 11) is -13.4. The van der Waals surface area contributed by atoms with Gasteiger partial charge in [0.25, 0.3) is 12.8 Å². The standard InChI is InChI=1S/C31H29B2N9.C2F6NO4S2.Co/c1-26-10-14-28(15-11-26)32(39-22-4-18-34-39,40-23-5-19-35-40)30-8-3-9-31(38-30)33(41-24-6-20-36-41,42-25-7-21-37-42)29-16-12-27(2)13-17-29;3-1(4,5)14(10,11)9-15(12,13)2(6,7)8;/h3-25H,1-2H3;;/q-2;-1;+3. The molecule has 58 heavy (non-hydrogen) atoms. The normalized spacial score (nSPS) is 12.7. The van der Waals surface area contributed by atoms with Gasteiger partial charge in [-0.05, 0) is 62.9 Å². The second-order valence-electron chi connectivity index (χ2n) is 12.7. The molecule has 304 valence electrons. The third-order valence-corrected chi connectivity index (χ3v) is 11.9. The molecular weight excluding hydrogens is 859 g/mol. The van der Waals surface area contributed by atoms with Gasteiger partial charge in [0.15, 0.2) is 20.0 Å². The van der Waals surface area contributed by atoms with E-state index in [1.165, 1.54) is 11.1 Å². The Morgan fingerprint density at radius 2 is 0.793 bits per heavy atom. The van der Waals surface area contributed by atoms with Crippen LogP contribution < -0.4 is 22.1 Å². The van der Waals surface area contributed by atoms with E-state index < -0.39 is 43.9 Å². The van der Waals surface area contributed by atoms with E-state index in [0.717, 1.165) is 26.2 Å². The van der Waals surface area contributed by atoms with Gasteiger partial charge in [0, 0.05) is 24.8 Å². The van der Waals surface area contributed by atoms with E-state index in [2.05, 4.69) is 80.6 Å². The van der Waals surface area contributed by atoms with Gasteiger partial charge in [-0.1, -0.05) is 89.0 Å². The summed E-state index contributed by atoms with van der Waals surface area (Å²) in [4.78, 5) is 5.55. The van der Waals surface area contributed by atoms with Crippen LogP contribution in [0.1, 0.15) is 11.1 Å². The molecule has 0 radical (unpaired) electrons. The van der Waals surface area contributed by atoms with Crippen molar-refractivity contribution in [2.75, 3.05) is 0 Å². The minimum absolute atomic E-state index is 0. The monoisotopic (exact) mass is 888 g/mol. The molecule has 0 bridgehead atoms. The molecule has 0 aliphatic heterocycles. The van der Waals surface area contributed by atoms with Crippen LogP contribution in [-0.4, -0.2) is 84.4 Å². The molecule has 0 aliphatic carbocycles. The Balaban J connectivity index is 0.000000344. The van der Waals surface area contributed by atoms with Crippen LogP contribution in [0.15, 0.2) is 141 Å². The molecule has 0 aliphatic rings. The average Bonchev–Trinajstić information content (AvgIpc) is 4.00. The number of aryl methyl sites for hydroxylation is 2. The summed E-state index contributed by atoms with van der Waals surface area (Å²) in [6.07, 6.45) is 11.2. The zero-order valence-electron chi connectivity index (χ0n) is 30.0. The number of sulfonamides is 2. The molecule has 0 N–H and O–H groups in total. The molecule has 2 aromatic carbocycles. The van der Waals surface area contributed by atoms with E-state index in [4.69, 9.17) is 25.4 Å². The number of benzene rings is 2. The van der Waals surface area contributed by atoms with E-state index >= 15 is 0 Å². The number of rotatable bonds is 10. The molecule has 7 aromatic rings. The van der Waals surface area contributed by atoms with Crippen LogP contribution in [0.25, 0.3) is 4.13 Å². The number of aromatic nitrogens is 9. The van der Waals surface area contributed by atoms with E-state index in [1.807, 2.05) is 67.4 Å². The first kappa shape index (κ1) is 43.6. The first-order valence-electron chi connectivity index (χ1n) is 16.6. The first-order chi connectivity index (χ1) is 26.8. The third-order valence-electron chi connectivity index (χ3n) is 9.11. The Labute approximate surface area is 338 Å². The molecule has 25 heteroatoms. The Kier molecular flexibility index (Phi) is 12.3. The summed E-state index contributed by atoms with van der Waals surface area (Å²) in [5.74, 6) is 0. The summed E-state index contributed by atoms with van der Waals surface area (Å²) in [6, 6.07) is 31.0. The second-order valence-corrected chi connectivity index (χ2v) is 16.1. The van der Waals surface area contributed by atoms with E-state index in [9.17, 15) is 43.2 Å². The summed E-state index contributed by atoms with van der Waals surface area (Å²) in [5.41, 5.74) is -6.39. The Morgan fingerprint density at radius 3 is 1.03 bits per heavy atom. The van der Waals surface area contributed by atoms with Gasteiger partial charge >= 0.3 is 27.8 Å². The maximum Gasteiger partial charge on any atom is 3.00 e. The van der Waals surface area contributed by atoms with Gasteiger partial charge in [-0.3, -0.25) is 0 Å². The number of alkyl halides is 6. The van der Waals surface area contributed by atoms with Gasteiger partial charge < -0.3 is 27.5 Å². The number of nitrogens with zero attached hydrogens (tertiary/aromatic N) is 10. The second kappa shape index (κ2) is 16.4. The summed E-state index contributed by atoms with van der Waals surface area (Å²) in [6.45, 7) is 4.18. The maximum absolute atomic E-state index is 11.4. The van der Waals surface area contributed by atoms with Crippen molar-refractivity contribution in [3.05, 3.63) is 156 Å². The predicted octanol–water partition coefficient (Wildman–Crippen LogP) is 2.85. The van der Waals surface area contributed by atoms with E-state index in [1.54, 1.807) is 24.8 Å². The van der Waals surface area contributed by atoms with Crippen LogP contribution in [0.5, 0.6) is 0 Å². The molecular formula is C33H29B2CoF6N10O4S2. The zero-order chi connectivity index (χ0) is 41.3. The van der Waals surface area contributed by atoms with Gasteiger partial charge in [-0.15, -0.1) is 0 Å². The molecule has 0 atom stereocenters. The summed E-state index contributed by atoms with van der Waals surface area (Å²) in [5, 5.41) is 19.2. The first-order valence-corrected chi connectivity index (χ1v) is 19.5. The smallest absolute Gasteiger partial charge is 0.421 e. The number of hydrogen-bond donors (Lipinski definition) is 0. The predicted molar refractivity (Wildman–Crippen MR) is 200 cm³/mol. The molecule has 0 saturated heterocycles. The number of pyridine rings is 1. The van der Waals surface area contributed by atoms with Crippen LogP contribution in [0.2, 0.25) is 0 Å². The SMILES string of the molecule is Cc1ccc([B-](c2cccc([B-](c3ccc(C)cc3)(n3cccn3)n3cccn3)n2)(n2cccn2)n2cccn2)cc1.O=S(=O)([N-]S(=O)(=O)C(F)(F)F)C(F)(F)F.[Co+3]. The fourth-order valence-corrected chi connectivity index (χ4v) is 8.25. The minimum atomic E-state index is -6.72. The van der Waals surface area contributed by atoms with Crippen LogP contribution in [-0.2, 0) is 36.8 Å². The molecule has 0 unspecified atom stereocenters. The van der Waals surface area contributed by atoms with Crippen molar-refractivity contribution in [1.82, 2.24) is 43.7 Å². The fourth-order valence-electron chi connectivity index (χ4n) is 6.54. The fraction of sp³-hybridized carbons (Fsp3) is 0.121. The van der Waals surface area contributed by atoms with Gasteiger partial charge in [-0.2, -0.15) is 37.3 Å². The van der Waals surface area contributed by atoms with Gasteiger partial charge in [0.2, 0.25) is 0 Å². The summed E-state index contributed by atoms with van der Waals surface area (Å²) < 4.78 is 117. The summed E-state index contributed by atoms with van der Waals surface area (Å²) >= 11 is 0.